The number of benzene rings is 2. The summed E-state index contributed by atoms with van der Waals surface area (Å²) in [6.45, 7) is 15.9. The minimum Gasteiger partial charge on any atom is -0.0591 e. The van der Waals surface area contributed by atoms with Gasteiger partial charge >= 0.3 is 49.5 Å². The van der Waals surface area contributed by atoms with Gasteiger partial charge < -0.3 is 0 Å². The van der Waals surface area contributed by atoms with E-state index in [-0.39, 0.29) is 27.3 Å². The van der Waals surface area contributed by atoms with E-state index in [0.717, 1.165) is 17.3 Å². The van der Waals surface area contributed by atoms with E-state index in [1.54, 1.807) is 0 Å². The SMILES string of the molecule is CC1(C)[C@@H]2CC[C@@]1(C)C(=Nc1ccccc1)C2=Nc1ccccc1.F[P-](F)(F)(F)(F)F.[CH2][C]([CH2])C.[Ni+2]. The smallest absolute Gasteiger partial charge is 0.0591 e. The number of rotatable bonds is 2. The van der Waals surface area contributed by atoms with Crippen LogP contribution in [0.5, 0.6) is 0 Å². The Bertz CT molecular complexity index is 1050. The van der Waals surface area contributed by atoms with Crippen molar-refractivity contribution in [2.75, 3.05) is 0 Å². The third kappa shape index (κ3) is 9.63. The molecule has 2 saturated carbocycles. The minimum absolute atomic E-state index is 0. The van der Waals surface area contributed by atoms with Crippen LogP contribution in [0, 0.1) is 36.5 Å². The Morgan fingerprint density at radius 1 is 0.806 bits per heavy atom. The summed E-state index contributed by atoms with van der Waals surface area (Å²) in [5.74, 6) is 1.41. The summed E-state index contributed by atoms with van der Waals surface area (Å²) in [4.78, 5) is 10.1. The van der Waals surface area contributed by atoms with Crippen LogP contribution in [0.2, 0.25) is 0 Å². The van der Waals surface area contributed by atoms with E-state index in [4.69, 9.17) is 9.98 Å². The average molecular weight is 575 g/mol. The van der Waals surface area contributed by atoms with Crippen LogP contribution in [0.15, 0.2) is 70.6 Å². The van der Waals surface area contributed by atoms with E-state index in [2.05, 4.69) is 58.9 Å². The second-order valence-electron chi connectivity index (χ2n) is 9.69. The molecule has 0 N–H and O–H groups in total. The zero-order valence-electron chi connectivity index (χ0n) is 20.6. The van der Waals surface area contributed by atoms with Crippen molar-refractivity contribution in [3.8, 4) is 0 Å². The monoisotopic (exact) mass is 574 g/mol. The summed E-state index contributed by atoms with van der Waals surface area (Å²) in [6, 6.07) is 20.6. The number of fused-ring (bicyclic) bond motifs is 2. The first-order chi connectivity index (χ1) is 15.7. The van der Waals surface area contributed by atoms with Gasteiger partial charge in [-0.25, -0.2) is 0 Å². The predicted molar refractivity (Wildman–Crippen MR) is 135 cm³/mol. The Balaban J connectivity index is 0.000000459. The zero-order valence-corrected chi connectivity index (χ0v) is 22.5. The maximum Gasteiger partial charge on any atom is 2.00 e. The van der Waals surface area contributed by atoms with Crippen molar-refractivity contribution in [1.29, 1.82) is 0 Å². The van der Waals surface area contributed by atoms with Crippen LogP contribution < -0.4 is 0 Å². The molecule has 0 aliphatic heterocycles. The topological polar surface area (TPSA) is 24.7 Å². The molecule has 201 valence electrons. The molecule has 10 heteroatoms. The second kappa shape index (κ2) is 10.6. The van der Waals surface area contributed by atoms with Crippen LogP contribution in [0.25, 0.3) is 0 Å². The third-order valence-electron chi connectivity index (χ3n) is 6.32. The van der Waals surface area contributed by atoms with Gasteiger partial charge in [-0.2, -0.15) is 0 Å². The Labute approximate surface area is 219 Å². The van der Waals surface area contributed by atoms with Gasteiger partial charge in [0.25, 0.3) is 0 Å². The molecule has 2 atom stereocenters. The number of nitrogens with zero attached hydrogens (tertiary/aromatic N) is 2. The van der Waals surface area contributed by atoms with Crippen LogP contribution in [0.1, 0.15) is 40.5 Å². The van der Waals surface area contributed by atoms with Gasteiger partial charge in [-0.1, -0.05) is 64.1 Å². The molecule has 0 unspecified atom stereocenters. The van der Waals surface area contributed by atoms with E-state index in [1.165, 1.54) is 24.3 Å². The minimum atomic E-state index is -10.7. The molecule has 2 aliphatic carbocycles. The Morgan fingerprint density at radius 2 is 1.17 bits per heavy atom. The van der Waals surface area contributed by atoms with E-state index in [0.29, 0.717) is 5.92 Å². The number of aliphatic imine (C=N–C) groups is 2. The number of halogens is 6. The molecule has 0 saturated heterocycles. The summed E-state index contributed by atoms with van der Waals surface area (Å²) in [5.41, 5.74) is 4.75. The molecule has 0 spiro atoms. The Hall–Kier alpha value is -1.72. The van der Waals surface area contributed by atoms with Gasteiger partial charge in [0.1, 0.15) is 0 Å². The molecular weight excluding hydrogens is 544 g/mol. The van der Waals surface area contributed by atoms with Crippen LogP contribution in [0.4, 0.5) is 36.6 Å². The first-order valence-corrected chi connectivity index (χ1v) is 13.1. The van der Waals surface area contributed by atoms with Gasteiger partial charge in [-0.05, 0) is 62.3 Å². The average Bonchev–Trinajstić information content (AvgIpc) is 3.00. The molecule has 2 fully saturated rings. The Morgan fingerprint density at radius 3 is 1.56 bits per heavy atom. The van der Waals surface area contributed by atoms with E-state index in [1.807, 2.05) is 43.3 Å². The van der Waals surface area contributed by atoms with E-state index >= 15 is 0 Å². The van der Waals surface area contributed by atoms with Crippen molar-refractivity contribution >= 4 is 30.6 Å². The number of hydrogen-bond donors (Lipinski definition) is 0. The van der Waals surface area contributed by atoms with Crippen molar-refractivity contribution < 1.29 is 41.7 Å². The molecule has 3 radical (unpaired) electrons. The standard InChI is InChI=1S/C22H24N2.C4H7.F6P.Ni/c1-21(2)18-14-15-22(21,3)20(24-17-12-8-5-9-13-17)19(18)23-16-10-6-4-7-11-16;1-4(2)3;1-7(2,3,4,5)6;/h4-13,18H,14-15H2,1-3H3;1-2H2,3H3;;/q;;-1;+2/t18-,22+;;;/m1.../s1. The van der Waals surface area contributed by atoms with Crippen LogP contribution in [-0.2, 0) is 16.5 Å². The quantitative estimate of drug-likeness (QED) is 0.193. The molecule has 36 heavy (non-hydrogen) atoms. The fraction of sp³-hybridized carbons (Fsp3) is 0.346. The molecule has 4 rings (SSSR count). The van der Waals surface area contributed by atoms with Gasteiger partial charge in [-0.15, -0.1) is 0 Å². The van der Waals surface area contributed by atoms with Gasteiger partial charge in [0.15, 0.2) is 0 Å². The van der Waals surface area contributed by atoms with Gasteiger partial charge in [0.05, 0.1) is 22.8 Å². The van der Waals surface area contributed by atoms with Crippen LogP contribution in [0.3, 0.4) is 0 Å². The van der Waals surface area contributed by atoms with Gasteiger partial charge in [0, 0.05) is 11.3 Å². The van der Waals surface area contributed by atoms with Crippen LogP contribution in [-0.4, -0.2) is 11.4 Å². The summed E-state index contributed by atoms with van der Waals surface area (Å²) >= 11 is 0. The fourth-order valence-electron chi connectivity index (χ4n) is 4.44. The summed E-state index contributed by atoms with van der Waals surface area (Å²) in [5, 5.41) is 0. The van der Waals surface area contributed by atoms with Crippen molar-refractivity contribution in [3.63, 3.8) is 0 Å². The second-order valence-corrected chi connectivity index (χ2v) is 11.6. The molecular formula is C26H31F6N2NiP+. The summed E-state index contributed by atoms with van der Waals surface area (Å²) in [7, 11) is -10.7. The van der Waals surface area contributed by atoms with Crippen molar-refractivity contribution in [2.24, 2.45) is 26.7 Å². The van der Waals surface area contributed by atoms with Crippen molar-refractivity contribution in [1.82, 2.24) is 0 Å². The van der Waals surface area contributed by atoms with Gasteiger partial charge in [0.2, 0.25) is 0 Å². The van der Waals surface area contributed by atoms with Crippen molar-refractivity contribution in [3.05, 3.63) is 80.4 Å². The third-order valence-corrected chi connectivity index (χ3v) is 6.32. The van der Waals surface area contributed by atoms with Gasteiger partial charge in [-0.3, -0.25) is 9.98 Å². The predicted octanol–water partition coefficient (Wildman–Crippen LogP) is 10.6. The van der Waals surface area contributed by atoms with Crippen LogP contribution >= 0.6 is 7.81 Å². The van der Waals surface area contributed by atoms with E-state index in [9.17, 15) is 25.2 Å². The van der Waals surface area contributed by atoms with E-state index < -0.39 is 7.81 Å². The molecule has 0 amide bonds. The number of para-hydroxylation sites is 2. The maximum atomic E-state index is 9.87. The maximum absolute atomic E-state index is 10.7. The zero-order chi connectivity index (χ0) is 26.8. The molecule has 2 aromatic rings. The summed E-state index contributed by atoms with van der Waals surface area (Å²) in [6.07, 6.45) is 2.41. The first kappa shape index (κ1) is 32.3. The Kier molecular flexibility index (Phi) is 9.49. The van der Waals surface area contributed by atoms with Crippen molar-refractivity contribution in [2.45, 2.75) is 40.5 Å². The number of hydrogen-bond acceptors (Lipinski definition) is 2. The first-order valence-electron chi connectivity index (χ1n) is 11.0. The molecule has 2 bridgehead atoms. The summed E-state index contributed by atoms with van der Waals surface area (Å²) < 4.78 is 59.2. The molecule has 2 aromatic carbocycles. The molecule has 2 nitrogen and oxygen atoms in total. The normalized spacial score (nSPS) is 26.2. The molecule has 2 aliphatic rings. The largest absolute Gasteiger partial charge is 2.00 e. The molecule has 0 aromatic heterocycles. The molecule has 0 heterocycles. The fourth-order valence-corrected chi connectivity index (χ4v) is 4.44.